The molecule has 5 rings (SSSR count). The van der Waals surface area contributed by atoms with Gasteiger partial charge in [0, 0.05) is 5.92 Å². The number of nitrogens with one attached hydrogen (secondary N) is 1. The Kier molecular flexibility index (Phi) is 2.03. The first-order chi connectivity index (χ1) is 8.33. The second kappa shape index (κ2) is 3.48. The molecule has 1 aliphatic heterocycles. The van der Waals surface area contributed by atoms with Crippen molar-refractivity contribution in [2.45, 2.75) is 38.1 Å². The molecule has 0 amide bonds. The summed E-state index contributed by atoms with van der Waals surface area (Å²) in [7, 11) is 0. The minimum atomic E-state index is -0.0535. The summed E-state index contributed by atoms with van der Waals surface area (Å²) in [4.78, 5) is 4.62. The lowest BCUT2D eigenvalue weighted by atomic mass is 9.51. The van der Waals surface area contributed by atoms with Crippen LogP contribution in [0.3, 0.4) is 0 Å². The Morgan fingerprint density at radius 1 is 1.06 bits per heavy atom. The van der Waals surface area contributed by atoms with Gasteiger partial charge >= 0.3 is 0 Å². The molecule has 0 aromatic rings. The predicted octanol–water partition coefficient (Wildman–Crippen LogP) is 1.95. The van der Waals surface area contributed by atoms with Gasteiger partial charge in [-0.3, -0.25) is 4.99 Å². The van der Waals surface area contributed by atoms with Crippen molar-refractivity contribution in [2.24, 2.45) is 34.6 Å². The highest BCUT2D eigenvalue weighted by Crippen LogP contribution is 2.56. The fraction of sp³-hybridized carbons (Fsp3) is 0.857. The van der Waals surface area contributed by atoms with E-state index in [9.17, 15) is 0 Å². The van der Waals surface area contributed by atoms with Crippen molar-refractivity contribution in [3.05, 3.63) is 0 Å². The van der Waals surface area contributed by atoms with Crippen LogP contribution in [-0.2, 0) is 0 Å². The van der Waals surface area contributed by atoms with Crippen LogP contribution in [-0.4, -0.2) is 18.4 Å². The van der Waals surface area contributed by atoms with E-state index in [0.717, 1.165) is 23.7 Å². The number of amidine groups is 1. The molecule has 4 aliphatic carbocycles. The van der Waals surface area contributed by atoms with Crippen molar-refractivity contribution >= 4 is 5.84 Å². The smallest absolute Gasteiger partial charge is 0.135 e. The second-order valence-electron chi connectivity index (χ2n) is 6.51. The van der Waals surface area contributed by atoms with Crippen LogP contribution in [0.2, 0.25) is 0 Å². The van der Waals surface area contributed by atoms with Gasteiger partial charge in [0.1, 0.15) is 11.9 Å². The maximum atomic E-state index is 8.95. The molecule has 0 aromatic heterocycles. The molecule has 3 nitrogen and oxygen atoms in total. The van der Waals surface area contributed by atoms with Crippen LogP contribution < -0.4 is 5.32 Å². The second-order valence-corrected chi connectivity index (χ2v) is 6.51. The Bertz CT molecular complexity index is 378. The molecule has 1 N–H and O–H groups in total. The van der Waals surface area contributed by atoms with Gasteiger partial charge in [-0.15, -0.1) is 0 Å². The lowest BCUT2D eigenvalue weighted by molar-refractivity contribution is -0.00920. The van der Waals surface area contributed by atoms with Crippen molar-refractivity contribution < 1.29 is 0 Å². The summed E-state index contributed by atoms with van der Waals surface area (Å²) in [5.41, 5.74) is 0. The predicted molar refractivity (Wildman–Crippen MR) is 65.4 cm³/mol. The van der Waals surface area contributed by atoms with Crippen molar-refractivity contribution in [1.82, 2.24) is 5.32 Å². The fourth-order valence-corrected chi connectivity index (χ4v) is 5.11. The van der Waals surface area contributed by atoms with Gasteiger partial charge < -0.3 is 5.32 Å². The van der Waals surface area contributed by atoms with E-state index in [1.54, 1.807) is 0 Å². The monoisotopic (exact) mass is 229 g/mol. The van der Waals surface area contributed by atoms with Crippen molar-refractivity contribution in [3.8, 4) is 6.07 Å². The number of hydrogen-bond acceptors (Lipinski definition) is 3. The van der Waals surface area contributed by atoms with E-state index in [4.69, 9.17) is 5.26 Å². The van der Waals surface area contributed by atoms with Gasteiger partial charge in [-0.1, -0.05) is 0 Å². The third-order valence-electron chi connectivity index (χ3n) is 5.46. The number of rotatable bonds is 1. The molecule has 0 aromatic carbocycles. The molecule has 0 spiro atoms. The third kappa shape index (κ3) is 1.43. The van der Waals surface area contributed by atoms with Gasteiger partial charge in [0.25, 0.3) is 0 Å². The first kappa shape index (κ1) is 9.94. The molecule has 5 aliphatic rings. The highest BCUT2D eigenvalue weighted by atomic mass is 15.1. The van der Waals surface area contributed by atoms with Gasteiger partial charge in [0.15, 0.2) is 0 Å². The number of aliphatic imine (C=N–C) groups is 1. The molecule has 0 saturated heterocycles. The Labute approximate surface area is 102 Å². The summed E-state index contributed by atoms with van der Waals surface area (Å²) in [6, 6.07) is 2.24. The van der Waals surface area contributed by atoms with Gasteiger partial charge in [-0.05, 0) is 55.8 Å². The van der Waals surface area contributed by atoms with E-state index in [2.05, 4.69) is 16.4 Å². The minimum absolute atomic E-state index is 0.0535. The van der Waals surface area contributed by atoms with Gasteiger partial charge in [-0.2, -0.15) is 5.26 Å². The minimum Gasteiger partial charge on any atom is -0.357 e. The largest absolute Gasteiger partial charge is 0.357 e. The summed E-state index contributed by atoms with van der Waals surface area (Å²) in [6.07, 6.45) is 7.21. The van der Waals surface area contributed by atoms with E-state index in [0.29, 0.717) is 12.5 Å². The third-order valence-corrected chi connectivity index (χ3v) is 5.46. The van der Waals surface area contributed by atoms with Crippen LogP contribution in [0.1, 0.15) is 32.1 Å². The Hall–Kier alpha value is -1.04. The lowest BCUT2D eigenvalue weighted by Gasteiger charge is -2.54. The molecule has 4 fully saturated rings. The Morgan fingerprint density at radius 3 is 2.24 bits per heavy atom. The average Bonchev–Trinajstić information content (AvgIpc) is 2.76. The molecule has 90 valence electrons. The number of nitrogens with zero attached hydrogens (tertiary/aromatic N) is 2. The zero-order valence-corrected chi connectivity index (χ0v) is 10.1. The van der Waals surface area contributed by atoms with E-state index >= 15 is 0 Å². The molecule has 1 heterocycles. The van der Waals surface area contributed by atoms with Crippen LogP contribution in [0, 0.1) is 40.9 Å². The molecular weight excluding hydrogens is 210 g/mol. The SMILES string of the molecule is N#CC1CN=C(C2C3CC4CC(C3)CC2C4)N1. The maximum Gasteiger partial charge on any atom is 0.135 e. The molecule has 4 bridgehead atoms. The van der Waals surface area contributed by atoms with E-state index in [-0.39, 0.29) is 6.04 Å². The standard InChI is InChI=1S/C14H19N3/c15-6-12-7-16-14(17-12)13-10-2-8-1-9(4-10)5-11(13)3-8/h8-13H,1-5,7H2,(H,16,17). The fourth-order valence-electron chi connectivity index (χ4n) is 5.11. The average molecular weight is 229 g/mol. The first-order valence-corrected chi connectivity index (χ1v) is 7.04. The Balaban J connectivity index is 1.57. The Morgan fingerprint density at radius 2 is 1.71 bits per heavy atom. The molecule has 17 heavy (non-hydrogen) atoms. The molecule has 3 heteroatoms. The normalized spacial score (nSPS) is 50.9. The quantitative estimate of drug-likeness (QED) is 0.747. The van der Waals surface area contributed by atoms with Crippen LogP contribution in [0.5, 0.6) is 0 Å². The molecule has 4 saturated carbocycles. The van der Waals surface area contributed by atoms with Crippen LogP contribution >= 0.6 is 0 Å². The van der Waals surface area contributed by atoms with Crippen LogP contribution in [0.25, 0.3) is 0 Å². The van der Waals surface area contributed by atoms with E-state index in [1.807, 2.05) is 0 Å². The molecular formula is C14H19N3. The lowest BCUT2D eigenvalue weighted by Crippen LogP contribution is -2.50. The van der Waals surface area contributed by atoms with Crippen LogP contribution in [0.15, 0.2) is 4.99 Å². The highest BCUT2D eigenvalue weighted by molar-refractivity contribution is 5.87. The van der Waals surface area contributed by atoms with Gasteiger partial charge in [0.2, 0.25) is 0 Å². The molecule has 1 unspecified atom stereocenters. The topological polar surface area (TPSA) is 48.2 Å². The molecule has 1 atom stereocenters. The zero-order chi connectivity index (χ0) is 11.4. The first-order valence-electron chi connectivity index (χ1n) is 7.04. The number of hydrogen-bond donors (Lipinski definition) is 1. The zero-order valence-electron chi connectivity index (χ0n) is 10.1. The number of nitriles is 1. The summed E-state index contributed by atoms with van der Waals surface area (Å²) >= 11 is 0. The van der Waals surface area contributed by atoms with Crippen molar-refractivity contribution in [2.75, 3.05) is 6.54 Å². The maximum absolute atomic E-state index is 8.95. The van der Waals surface area contributed by atoms with E-state index in [1.165, 1.54) is 37.9 Å². The van der Waals surface area contributed by atoms with Crippen molar-refractivity contribution in [3.63, 3.8) is 0 Å². The van der Waals surface area contributed by atoms with E-state index < -0.39 is 0 Å². The van der Waals surface area contributed by atoms with Crippen molar-refractivity contribution in [1.29, 1.82) is 5.26 Å². The summed E-state index contributed by atoms with van der Waals surface area (Å²) in [5.74, 6) is 5.63. The van der Waals surface area contributed by atoms with Gasteiger partial charge in [0.05, 0.1) is 12.6 Å². The summed E-state index contributed by atoms with van der Waals surface area (Å²) < 4.78 is 0. The summed E-state index contributed by atoms with van der Waals surface area (Å²) in [5, 5.41) is 12.3. The highest BCUT2D eigenvalue weighted by Gasteiger charge is 2.50. The molecule has 0 radical (unpaired) electrons. The van der Waals surface area contributed by atoms with Gasteiger partial charge in [-0.25, -0.2) is 0 Å². The van der Waals surface area contributed by atoms with Crippen LogP contribution in [0.4, 0.5) is 0 Å². The summed E-state index contributed by atoms with van der Waals surface area (Å²) in [6.45, 7) is 0.675.